The highest BCUT2D eigenvalue weighted by Gasteiger charge is 2.11. The number of aryl methyl sites for hydroxylation is 1. The molecule has 0 saturated carbocycles. The third-order valence-electron chi connectivity index (χ3n) is 3.79. The molecule has 1 nitrogen and oxygen atoms in total. The van der Waals surface area contributed by atoms with Crippen molar-refractivity contribution in [2.45, 2.75) is 13.8 Å². The van der Waals surface area contributed by atoms with Crippen molar-refractivity contribution in [2.75, 3.05) is 0 Å². The maximum absolute atomic E-state index is 3.86. The largest absolute Gasteiger partial charge is 0.314 e. The van der Waals surface area contributed by atoms with E-state index in [4.69, 9.17) is 0 Å². The lowest BCUT2D eigenvalue weighted by molar-refractivity contribution is 1.04. The SMILES string of the molecule is C=Cc1ccc2c(C)c(C)n(-c3ccccc3)c2c1. The lowest BCUT2D eigenvalue weighted by Crippen LogP contribution is -1.96. The molecule has 1 heteroatoms. The summed E-state index contributed by atoms with van der Waals surface area (Å²) in [5.41, 5.74) is 6.25. The van der Waals surface area contributed by atoms with Crippen LogP contribution in [-0.2, 0) is 0 Å². The minimum absolute atomic E-state index is 1.15. The summed E-state index contributed by atoms with van der Waals surface area (Å²) in [6.45, 7) is 8.22. The molecule has 3 rings (SSSR count). The Balaban J connectivity index is 2.40. The van der Waals surface area contributed by atoms with E-state index in [1.807, 2.05) is 12.1 Å². The van der Waals surface area contributed by atoms with Gasteiger partial charge in [-0.1, -0.05) is 43.0 Å². The van der Waals surface area contributed by atoms with Gasteiger partial charge in [-0.2, -0.15) is 0 Å². The molecule has 94 valence electrons. The Hall–Kier alpha value is -2.28. The normalized spacial score (nSPS) is 10.8. The van der Waals surface area contributed by atoms with Crippen LogP contribution in [0.25, 0.3) is 22.7 Å². The lowest BCUT2D eigenvalue weighted by atomic mass is 10.1. The first-order valence-corrected chi connectivity index (χ1v) is 6.52. The summed E-state index contributed by atoms with van der Waals surface area (Å²) >= 11 is 0. The molecule has 1 heterocycles. The first-order valence-electron chi connectivity index (χ1n) is 6.52. The molecule has 2 aromatic carbocycles. The minimum atomic E-state index is 1.15. The number of hydrogen-bond donors (Lipinski definition) is 0. The topological polar surface area (TPSA) is 4.93 Å². The Morgan fingerprint density at radius 1 is 1.00 bits per heavy atom. The quantitative estimate of drug-likeness (QED) is 0.607. The van der Waals surface area contributed by atoms with Crippen LogP contribution in [0.3, 0.4) is 0 Å². The van der Waals surface area contributed by atoms with Gasteiger partial charge in [-0.25, -0.2) is 0 Å². The van der Waals surface area contributed by atoms with Gasteiger partial charge in [-0.05, 0) is 43.2 Å². The summed E-state index contributed by atoms with van der Waals surface area (Å²) in [6, 6.07) is 17.0. The van der Waals surface area contributed by atoms with E-state index < -0.39 is 0 Å². The molecule has 0 aliphatic carbocycles. The zero-order valence-corrected chi connectivity index (χ0v) is 11.4. The molecule has 0 aliphatic rings. The molecule has 0 saturated heterocycles. The van der Waals surface area contributed by atoms with Crippen LogP contribution in [0.2, 0.25) is 0 Å². The second kappa shape index (κ2) is 4.43. The standard InChI is InChI=1S/C18H17N/c1-4-15-10-11-17-13(2)14(3)19(18(17)12-15)16-8-6-5-7-9-16/h4-12H,1H2,2-3H3. The van der Waals surface area contributed by atoms with Gasteiger partial charge in [0.25, 0.3) is 0 Å². The lowest BCUT2D eigenvalue weighted by Gasteiger charge is -2.08. The van der Waals surface area contributed by atoms with Crippen LogP contribution < -0.4 is 0 Å². The highest BCUT2D eigenvalue weighted by atomic mass is 15.0. The molecule has 19 heavy (non-hydrogen) atoms. The van der Waals surface area contributed by atoms with E-state index in [2.05, 4.69) is 67.5 Å². The number of nitrogens with zero attached hydrogens (tertiary/aromatic N) is 1. The molecule has 0 aliphatic heterocycles. The molecular weight excluding hydrogens is 230 g/mol. The zero-order valence-electron chi connectivity index (χ0n) is 11.4. The fraction of sp³-hybridized carbons (Fsp3) is 0.111. The van der Waals surface area contributed by atoms with E-state index in [0.717, 1.165) is 5.56 Å². The zero-order chi connectivity index (χ0) is 13.4. The van der Waals surface area contributed by atoms with Crippen LogP contribution in [-0.4, -0.2) is 4.57 Å². The van der Waals surface area contributed by atoms with E-state index in [0.29, 0.717) is 0 Å². The highest BCUT2D eigenvalue weighted by molar-refractivity contribution is 5.88. The Kier molecular flexibility index (Phi) is 2.75. The Labute approximate surface area is 113 Å². The van der Waals surface area contributed by atoms with Crippen molar-refractivity contribution in [3.8, 4) is 5.69 Å². The van der Waals surface area contributed by atoms with Crippen LogP contribution >= 0.6 is 0 Å². The molecule has 0 N–H and O–H groups in total. The van der Waals surface area contributed by atoms with Crippen LogP contribution in [0.15, 0.2) is 55.1 Å². The molecular formula is C18H17N. The van der Waals surface area contributed by atoms with E-state index in [1.165, 1.54) is 27.8 Å². The fourth-order valence-electron chi connectivity index (χ4n) is 2.63. The molecule has 3 aromatic rings. The third kappa shape index (κ3) is 1.78. The van der Waals surface area contributed by atoms with E-state index >= 15 is 0 Å². The number of aromatic nitrogens is 1. The van der Waals surface area contributed by atoms with Gasteiger partial charge in [0, 0.05) is 16.8 Å². The third-order valence-corrected chi connectivity index (χ3v) is 3.79. The number of para-hydroxylation sites is 1. The maximum atomic E-state index is 3.86. The summed E-state index contributed by atoms with van der Waals surface area (Å²) in [4.78, 5) is 0. The first-order chi connectivity index (χ1) is 9.22. The smallest absolute Gasteiger partial charge is 0.0540 e. The molecule has 0 amide bonds. The van der Waals surface area contributed by atoms with Gasteiger partial charge in [0.05, 0.1) is 5.52 Å². The van der Waals surface area contributed by atoms with Crippen LogP contribution in [0.5, 0.6) is 0 Å². The van der Waals surface area contributed by atoms with Gasteiger partial charge in [-0.15, -0.1) is 0 Å². The van der Waals surface area contributed by atoms with Crippen molar-refractivity contribution in [1.29, 1.82) is 0 Å². The number of rotatable bonds is 2. The number of fused-ring (bicyclic) bond motifs is 1. The van der Waals surface area contributed by atoms with Crippen molar-refractivity contribution in [2.24, 2.45) is 0 Å². The average Bonchev–Trinajstić information content (AvgIpc) is 2.71. The summed E-state index contributed by atoms with van der Waals surface area (Å²) in [7, 11) is 0. The molecule has 1 aromatic heterocycles. The average molecular weight is 247 g/mol. The Morgan fingerprint density at radius 3 is 2.42 bits per heavy atom. The summed E-state index contributed by atoms with van der Waals surface area (Å²) in [5.74, 6) is 0. The number of hydrogen-bond acceptors (Lipinski definition) is 0. The van der Waals surface area contributed by atoms with Crippen LogP contribution in [0, 0.1) is 13.8 Å². The molecule has 0 radical (unpaired) electrons. The predicted molar refractivity (Wildman–Crippen MR) is 82.8 cm³/mol. The molecule has 0 fully saturated rings. The van der Waals surface area contributed by atoms with E-state index in [-0.39, 0.29) is 0 Å². The monoisotopic (exact) mass is 247 g/mol. The Bertz CT molecular complexity index is 748. The fourth-order valence-corrected chi connectivity index (χ4v) is 2.63. The molecule has 0 atom stereocenters. The number of benzene rings is 2. The van der Waals surface area contributed by atoms with Crippen molar-refractivity contribution >= 4 is 17.0 Å². The van der Waals surface area contributed by atoms with Crippen LogP contribution in [0.1, 0.15) is 16.8 Å². The summed E-state index contributed by atoms with van der Waals surface area (Å²) in [5, 5.41) is 1.31. The Morgan fingerprint density at radius 2 is 1.74 bits per heavy atom. The van der Waals surface area contributed by atoms with Crippen molar-refractivity contribution in [3.05, 3.63) is 71.9 Å². The summed E-state index contributed by atoms with van der Waals surface area (Å²) < 4.78 is 2.32. The van der Waals surface area contributed by atoms with Gasteiger partial charge in [-0.3, -0.25) is 0 Å². The predicted octanol–water partition coefficient (Wildman–Crippen LogP) is 4.89. The summed E-state index contributed by atoms with van der Waals surface area (Å²) in [6.07, 6.45) is 1.90. The molecule has 0 unspecified atom stereocenters. The van der Waals surface area contributed by atoms with Crippen molar-refractivity contribution in [1.82, 2.24) is 4.57 Å². The van der Waals surface area contributed by atoms with E-state index in [1.54, 1.807) is 0 Å². The van der Waals surface area contributed by atoms with Gasteiger partial charge in [0.2, 0.25) is 0 Å². The molecule has 0 bridgehead atoms. The van der Waals surface area contributed by atoms with E-state index in [9.17, 15) is 0 Å². The first kappa shape index (κ1) is 11.8. The van der Waals surface area contributed by atoms with Gasteiger partial charge < -0.3 is 4.57 Å². The second-order valence-electron chi connectivity index (χ2n) is 4.86. The van der Waals surface area contributed by atoms with Gasteiger partial charge in [0.15, 0.2) is 0 Å². The second-order valence-corrected chi connectivity index (χ2v) is 4.86. The van der Waals surface area contributed by atoms with Crippen LogP contribution in [0.4, 0.5) is 0 Å². The highest BCUT2D eigenvalue weighted by Crippen LogP contribution is 2.29. The van der Waals surface area contributed by atoms with Gasteiger partial charge >= 0.3 is 0 Å². The molecule has 0 spiro atoms. The van der Waals surface area contributed by atoms with Gasteiger partial charge in [0.1, 0.15) is 0 Å². The minimum Gasteiger partial charge on any atom is -0.314 e. The van der Waals surface area contributed by atoms with Crippen molar-refractivity contribution in [3.63, 3.8) is 0 Å². The maximum Gasteiger partial charge on any atom is 0.0540 e. The van der Waals surface area contributed by atoms with Crippen molar-refractivity contribution < 1.29 is 0 Å².